The van der Waals surface area contributed by atoms with Crippen LogP contribution in [0.25, 0.3) is 5.57 Å². The second-order valence-electron chi connectivity index (χ2n) is 6.07. The van der Waals surface area contributed by atoms with Gasteiger partial charge in [-0.25, -0.2) is 0 Å². The molecule has 1 aromatic rings. The number of carbonyl (C=O) groups excluding carboxylic acids is 1. The van der Waals surface area contributed by atoms with Crippen LogP contribution in [0.4, 0.5) is 13.2 Å². The van der Waals surface area contributed by atoms with Gasteiger partial charge in [0, 0.05) is 25.3 Å². The van der Waals surface area contributed by atoms with Crippen LogP contribution in [0.3, 0.4) is 0 Å². The lowest BCUT2D eigenvalue weighted by molar-refractivity contribution is -0.145. The third-order valence-electron chi connectivity index (χ3n) is 4.22. The molecule has 1 aliphatic rings. The molecule has 0 bridgehead atoms. The lowest BCUT2D eigenvalue weighted by atomic mass is 9.99. The third kappa shape index (κ3) is 5.08. The third-order valence-corrected chi connectivity index (χ3v) is 4.22. The van der Waals surface area contributed by atoms with E-state index >= 15 is 0 Å². The van der Waals surface area contributed by atoms with Crippen LogP contribution in [0, 0.1) is 0 Å². The number of halogens is 3. The Morgan fingerprint density at radius 3 is 2.46 bits per heavy atom. The van der Waals surface area contributed by atoms with Gasteiger partial charge >= 0.3 is 12.1 Å². The number of benzene rings is 1. The number of ether oxygens (including phenoxy) is 1. The number of amides is 1. The minimum Gasteiger partial charge on any atom is -0.480 e. The topological polar surface area (TPSA) is 66.8 Å². The number of carboxylic acid groups (broad SMARTS) is 1. The highest BCUT2D eigenvalue weighted by atomic mass is 19.4. The van der Waals surface area contributed by atoms with E-state index in [9.17, 15) is 22.8 Å². The van der Waals surface area contributed by atoms with Gasteiger partial charge in [0.2, 0.25) is 5.91 Å². The Bertz CT molecular complexity index is 694. The Morgan fingerprint density at radius 2 is 1.88 bits per heavy atom. The lowest BCUT2D eigenvalue weighted by Gasteiger charge is -2.32. The summed E-state index contributed by atoms with van der Waals surface area (Å²) in [5.74, 6) is -1.79. The molecule has 1 N–H and O–H groups in total. The molecule has 1 aliphatic heterocycles. The Labute approximate surface area is 149 Å². The van der Waals surface area contributed by atoms with E-state index < -0.39 is 30.2 Å². The summed E-state index contributed by atoms with van der Waals surface area (Å²) < 4.78 is 44.7. The molecular weight excluding hydrogens is 351 g/mol. The van der Waals surface area contributed by atoms with E-state index in [1.165, 1.54) is 30.0 Å². The van der Waals surface area contributed by atoms with E-state index in [-0.39, 0.29) is 17.2 Å². The first kappa shape index (κ1) is 20.0. The van der Waals surface area contributed by atoms with Crippen LogP contribution < -0.4 is 0 Å². The van der Waals surface area contributed by atoms with E-state index in [1.807, 2.05) is 0 Å². The fourth-order valence-electron chi connectivity index (χ4n) is 2.95. The number of carboxylic acids is 1. The highest BCUT2D eigenvalue weighted by Crippen LogP contribution is 2.34. The Hall–Kier alpha value is -2.35. The van der Waals surface area contributed by atoms with Gasteiger partial charge < -0.3 is 14.7 Å². The van der Waals surface area contributed by atoms with Crippen LogP contribution in [-0.4, -0.2) is 47.7 Å². The average molecular weight is 371 g/mol. The van der Waals surface area contributed by atoms with Gasteiger partial charge in [-0.2, -0.15) is 13.2 Å². The minimum atomic E-state index is -4.55. The summed E-state index contributed by atoms with van der Waals surface area (Å²) in [4.78, 5) is 24.9. The van der Waals surface area contributed by atoms with Gasteiger partial charge in [0.05, 0.1) is 5.56 Å². The number of hydrogen-bond donors (Lipinski definition) is 1. The van der Waals surface area contributed by atoms with Crippen LogP contribution in [0.2, 0.25) is 0 Å². The summed E-state index contributed by atoms with van der Waals surface area (Å²) in [5.41, 5.74) is -0.807. The predicted molar refractivity (Wildman–Crippen MR) is 88.3 cm³/mol. The molecule has 1 amide bonds. The van der Waals surface area contributed by atoms with Gasteiger partial charge in [-0.15, -0.1) is 0 Å². The Morgan fingerprint density at radius 1 is 1.27 bits per heavy atom. The molecule has 0 radical (unpaired) electrons. The van der Waals surface area contributed by atoms with E-state index in [0.717, 1.165) is 12.1 Å². The molecule has 0 unspecified atom stereocenters. The molecule has 2 rings (SSSR count). The van der Waals surface area contributed by atoms with Crippen LogP contribution in [0.15, 0.2) is 30.3 Å². The minimum absolute atomic E-state index is 0.101. The van der Waals surface area contributed by atoms with Crippen LogP contribution in [0.5, 0.6) is 0 Å². The fraction of sp³-hybridized carbons (Fsp3) is 0.444. The molecule has 5 nitrogen and oxygen atoms in total. The van der Waals surface area contributed by atoms with Crippen LogP contribution >= 0.6 is 0 Å². The molecule has 8 heteroatoms. The predicted octanol–water partition coefficient (Wildman–Crippen LogP) is 3.20. The number of aliphatic carboxylic acids is 1. The van der Waals surface area contributed by atoms with Crippen molar-refractivity contribution in [2.45, 2.75) is 32.0 Å². The van der Waals surface area contributed by atoms with Crippen LogP contribution in [-0.2, 0) is 20.5 Å². The second kappa shape index (κ2) is 8.35. The van der Waals surface area contributed by atoms with Gasteiger partial charge in [-0.1, -0.05) is 18.2 Å². The molecule has 0 saturated carbocycles. The second-order valence-corrected chi connectivity index (χ2v) is 6.07. The van der Waals surface area contributed by atoms with Crippen LogP contribution in [0.1, 0.15) is 30.9 Å². The summed E-state index contributed by atoms with van der Waals surface area (Å²) in [6, 6.07) is 4.66. The highest BCUT2D eigenvalue weighted by molar-refractivity contribution is 5.96. The summed E-state index contributed by atoms with van der Waals surface area (Å²) >= 11 is 0. The van der Waals surface area contributed by atoms with Gasteiger partial charge in [-0.05, 0) is 37.0 Å². The smallest absolute Gasteiger partial charge is 0.416 e. The molecule has 0 spiro atoms. The molecule has 142 valence electrons. The average Bonchev–Trinajstić information content (AvgIpc) is 2.59. The van der Waals surface area contributed by atoms with Crippen molar-refractivity contribution in [1.29, 1.82) is 0 Å². The maximum atomic E-state index is 13.2. The van der Waals surface area contributed by atoms with Gasteiger partial charge in [0.25, 0.3) is 0 Å². The first-order valence-electron chi connectivity index (χ1n) is 8.15. The molecule has 1 fully saturated rings. The van der Waals surface area contributed by atoms with Gasteiger partial charge in [0.15, 0.2) is 0 Å². The number of nitrogens with zero attached hydrogens (tertiary/aromatic N) is 1. The first-order valence-corrected chi connectivity index (χ1v) is 8.15. The van der Waals surface area contributed by atoms with Crippen molar-refractivity contribution in [1.82, 2.24) is 4.90 Å². The quantitative estimate of drug-likeness (QED) is 0.808. The van der Waals surface area contributed by atoms with Crippen molar-refractivity contribution >= 4 is 17.4 Å². The number of rotatable bonds is 5. The van der Waals surface area contributed by atoms with Crippen molar-refractivity contribution in [3.8, 4) is 0 Å². The van der Waals surface area contributed by atoms with E-state index in [0.29, 0.717) is 26.1 Å². The molecule has 1 aromatic carbocycles. The number of hydrogen-bond acceptors (Lipinski definition) is 3. The largest absolute Gasteiger partial charge is 0.480 e. The normalized spacial score (nSPS) is 16.4. The number of alkyl halides is 3. The van der Waals surface area contributed by atoms with Gasteiger partial charge in [-0.3, -0.25) is 9.59 Å². The number of allylic oxidation sites excluding steroid dienone is 1. The van der Waals surface area contributed by atoms with E-state index in [1.54, 1.807) is 0 Å². The molecule has 0 atom stereocenters. The maximum absolute atomic E-state index is 13.2. The van der Waals surface area contributed by atoms with Crippen molar-refractivity contribution < 1.29 is 32.6 Å². The molecule has 0 aliphatic carbocycles. The SMILES string of the molecule is CC(=CC(=O)N(CC(=O)O)C1CCOCC1)c1ccccc1C(F)(F)F. The molecular formula is C18H20F3NO4. The number of carbonyl (C=O) groups is 2. The first-order chi connectivity index (χ1) is 12.2. The molecule has 26 heavy (non-hydrogen) atoms. The Balaban J connectivity index is 2.30. The lowest BCUT2D eigenvalue weighted by Crippen LogP contribution is -2.45. The summed E-state index contributed by atoms with van der Waals surface area (Å²) in [6.45, 7) is 1.72. The monoisotopic (exact) mass is 371 g/mol. The molecule has 1 heterocycles. The molecule has 1 saturated heterocycles. The zero-order valence-corrected chi connectivity index (χ0v) is 14.3. The molecule has 0 aromatic heterocycles. The fourth-order valence-corrected chi connectivity index (χ4v) is 2.95. The standard InChI is InChI=1S/C18H20F3NO4/c1-12(14-4-2-3-5-15(14)18(19,20)21)10-16(23)22(11-17(24)25)13-6-8-26-9-7-13/h2-5,10,13H,6-9,11H2,1H3,(H,24,25). The van der Waals surface area contributed by atoms with E-state index in [2.05, 4.69) is 0 Å². The van der Waals surface area contributed by atoms with Crippen molar-refractivity contribution in [3.05, 3.63) is 41.5 Å². The highest BCUT2D eigenvalue weighted by Gasteiger charge is 2.33. The zero-order valence-electron chi connectivity index (χ0n) is 14.3. The maximum Gasteiger partial charge on any atom is 0.416 e. The zero-order chi connectivity index (χ0) is 19.3. The Kier molecular flexibility index (Phi) is 6.42. The van der Waals surface area contributed by atoms with E-state index in [4.69, 9.17) is 9.84 Å². The van der Waals surface area contributed by atoms with Gasteiger partial charge in [0.1, 0.15) is 6.54 Å². The van der Waals surface area contributed by atoms with Crippen molar-refractivity contribution in [3.63, 3.8) is 0 Å². The summed E-state index contributed by atoms with van der Waals surface area (Å²) in [5, 5.41) is 9.07. The summed E-state index contributed by atoms with van der Waals surface area (Å²) in [7, 11) is 0. The van der Waals surface area contributed by atoms with Crippen molar-refractivity contribution in [2.75, 3.05) is 19.8 Å². The summed E-state index contributed by atoms with van der Waals surface area (Å²) in [6.07, 6.45) is -2.49. The van der Waals surface area contributed by atoms with Crippen molar-refractivity contribution in [2.24, 2.45) is 0 Å².